The first-order valence-corrected chi connectivity index (χ1v) is 6.09. The lowest BCUT2D eigenvalue weighted by Gasteiger charge is -2.17. The van der Waals surface area contributed by atoms with Crippen LogP contribution in [0.15, 0.2) is 24.3 Å². The highest BCUT2D eigenvalue weighted by Crippen LogP contribution is 2.17. The van der Waals surface area contributed by atoms with Crippen LogP contribution in [0.25, 0.3) is 0 Å². The van der Waals surface area contributed by atoms with E-state index >= 15 is 0 Å². The lowest BCUT2D eigenvalue weighted by molar-refractivity contribution is -0.185. The topological polar surface area (TPSA) is 58.6 Å². The molecule has 1 aromatic rings. The first-order chi connectivity index (χ1) is 9.70. The van der Waals surface area contributed by atoms with Crippen LogP contribution in [0.2, 0.25) is 0 Å². The number of carbonyl (C=O) groups is 1. The highest BCUT2D eigenvalue weighted by Gasteiger charge is 2.30. The number of hydrogen-bond acceptors (Lipinski definition) is 3. The Morgan fingerprint density at radius 3 is 2.57 bits per heavy atom. The lowest BCUT2D eigenvalue weighted by Crippen LogP contribution is -2.38. The van der Waals surface area contributed by atoms with Crippen molar-refractivity contribution >= 4 is 5.91 Å². The molecule has 2 N–H and O–H groups in total. The Bertz CT molecular complexity index is 479. The summed E-state index contributed by atoms with van der Waals surface area (Å²) in [6, 6.07) is 5.45. The van der Waals surface area contributed by atoms with Gasteiger partial charge in [0.15, 0.2) is 0 Å². The van der Waals surface area contributed by atoms with Crippen LogP contribution in [-0.2, 0) is 9.53 Å². The molecule has 21 heavy (non-hydrogen) atoms. The van der Waals surface area contributed by atoms with E-state index in [1.54, 1.807) is 0 Å². The second kappa shape index (κ2) is 7.37. The van der Waals surface area contributed by atoms with E-state index in [-0.39, 0.29) is 12.1 Å². The van der Waals surface area contributed by atoms with E-state index in [1.165, 1.54) is 18.2 Å². The number of aliphatic hydroxyl groups is 1. The Morgan fingerprint density at radius 1 is 1.38 bits per heavy atom. The molecule has 0 fully saturated rings. The highest BCUT2D eigenvalue weighted by molar-refractivity contribution is 5.80. The average molecular weight is 309 g/mol. The van der Waals surface area contributed by atoms with Crippen LogP contribution >= 0.6 is 0 Å². The number of halogens is 4. The van der Waals surface area contributed by atoms with Crippen LogP contribution in [0.5, 0.6) is 0 Å². The average Bonchev–Trinajstić information content (AvgIpc) is 2.41. The van der Waals surface area contributed by atoms with Crippen LogP contribution in [0.4, 0.5) is 17.6 Å². The van der Waals surface area contributed by atoms with Crippen molar-refractivity contribution in [1.29, 1.82) is 0 Å². The third kappa shape index (κ3) is 6.09. The normalized spacial score (nSPS) is 14.6. The molecule has 0 radical (unpaired) electrons. The predicted octanol–water partition coefficient (Wildman–Crippen LogP) is 1.94. The number of aliphatic hydroxyl groups excluding tert-OH is 1. The van der Waals surface area contributed by atoms with E-state index in [0.29, 0.717) is 0 Å². The first kappa shape index (κ1) is 17.4. The van der Waals surface area contributed by atoms with Crippen molar-refractivity contribution in [3.05, 3.63) is 35.6 Å². The lowest BCUT2D eigenvalue weighted by atomic mass is 10.1. The molecule has 1 aromatic carbocycles. The van der Waals surface area contributed by atoms with E-state index in [2.05, 4.69) is 10.1 Å². The van der Waals surface area contributed by atoms with Gasteiger partial charge in [0.2, 0.25) is 5.91 Å². The van der Waals surface area contributed by atoms with Crippen molar-refractivity contribution in [3.63, 3.8) is 0 Å². The molecule has 0 aromatic heterocycles. The van der Waals surface area contributed by atoms with Crippen molar-refractivity contribution in [3.8, 4) is 0 Å². The third-order valence-corrected chi connectivity index (χ3v) is 2.60. The van der Waals surface area contributed by atoms with Gasteiger partial charge in [0.05, 0.1) is 6.10 Å². The standard InChI is InChI=1S/C13H15F4NO3/c1-8(21-7-13(15,16)17)12(20)18-6-11(19)9-4-2-3-5-10(9)14/h2-5,8,11,19H,6-7H2,1H3,(H,18,20). The summed E-state index contributed by atoms with van der Waals surface area (Å²) >= 11 is 0. The molecular weight excluding hydrogens is 294 g/mol. The summed E-state index contributed by atoms with van der Waals surface area (Å²) in [5, 5.41) is 11.9. The van der Waals surface area contributed by atoms with Crippen molar-refractivity contribution in [2.24, 2.45) is 0 Å². The number of amides is 1. The second-order valence-corrected chi connectivity index (χ2v) is 4.35. The van der Waals surface area contributed by atoms with Crippen molar-refractivity contribution < 1.29 is 32.2 Å². The third-order valence-electron chi connectivity index (χ3n) is 2.60. The van der Waals surface area contributed by atoms with Gasteiger partial charge in [-0.2, -0.15) is 13.2 Å². The molecular formula is C13H15F4NO3. The van der Waals surface area contributed by atoms with Crippen molar-refractivity contribution in [2.45, 2.75) is 25.3 Å². The van der Waals surface area contributed by atoms with E-state index in [9.17, 15) is 27.5 Å². The summed E-state index contributed by atoms with van der Waals surface area (Å²) in [6.07, 6.45) is -7.16. The maximum Gasteiger partial charge on any atom is 0.411 e. The molecule has 4 nitrogen and oxygen atoms in total. The Labute approximate surface area is 118 Å². The SMILES string of the molecule is CC(OCC(F)(F)F)C(=O)NCC(O)c1ccccc1F. The number of hydrogen-bond donors (Lipinski definition) is 2. The molecule has 8 heteroatoms. The Balaban J connectivity index is 2.44. The number of rotatable bonds is 6. The zero-order valence-electron chi connectivity index (χ0n) is 11.2. The highest BCUT2D eigenvalue weighted by atomic mass is 19.4. The fraction of sp³-hybridized carbons (Fsp3) is 0.462. The van der Waals surface area contributed by atoms with Gasteiger partial charge in [-0.05, 0) is 13.0 Å². The minimum atomic E-state index is -4.53. The summed E-state index contributed by atoms with van der Waals surface area (Å²) in [5.41, 5.74) is -0.0123. The molecule has 0 bridgehead atoms. The summed E-state index contributed by atoms with van der Waals surface area (Å²) in [6.45, 7) is -0.729. The Kier molecular flexibility index (Phi) is 6.10. The van der Waals surface area contributed by atoms with Crippen LogP contribution in [0.1, 0.15) is 18.6 Å². The van der Waals surface area contributed by atoms with Gasteiger partial charge in [0, 0.05) is 12.1 Å². The van der Waals surface area contributed by atoms with E-state index < -0.39 is 36.7 Å². The first-order valence-electron chi connectivity index (χ1n) is 6.09. The van der Waals surface area contributed by atoms with Gasteiger partial charge in [-0.15, -0.1) is 0 Å². The van der Waals surface area contributed by atoms with Crippen molar-refractivity contribution in [2.75, 3.05) is 13.2 Å². The zero-order chi connectivity index (χ0) is 16.0. The molecule has 0 heterocycles. The zero-order valence-corrected chi connectivity index (χ0v) is 11.2. The number of alkyl halides is 3. The number of nitrogens with one attached hydrogen (secondary N) is 1. The monoisotopic (exact) mass is 309 g/mol. The number of ether oxygens (including phenoxy) is 1. The fourth-order valence-electron chi connectivity index (χ4n) is 1.49. The van der Waals surface area contributed by atoms with Gasteiger partial charge in [-0.1, -0.05) is 18.2 Å². The van der Waals surface area contributed by atoms with Gasteiger partial charge in [0.1, 0.15) is 18.5 Å². The summed E-state index contributed by atoms with van der Waals surface area (Å²) in [5.74, 6) is -1.46. The van der Waals surface area contributed by atoms with Gasteiger partial charge in [0.25, 0.3) is 0 Å². The molecule has 0 saturated heterocycles. The predicted molar refractivity (Wildman–Crippen MR) is 65.8 cm³/mol. The smallest absolute Gasteiger partial charge is 0.386 e. The van der Waals surface area contributed by atoms with Gasteiger partial charge in [-0.25, -0.2) is 4.39 Å². The molecule has 1 amide bonds. The molecule has 2 unspecified atom stereocenters. The fourth-order valence-corrected chi connectivity index (χ4v) is 1.49. The Hall–Kier alpha value is -1.67. The molecule has 2 atom stereocenters. The quantitative estimate of drug-likeness (QED) is 0.790. The number of carbonyl (C=O) groups excluding carboxylic acids is 1. The molecule has 1 rings (SSSR count). The Morgan fingerprint density at radius 2 is 2.00 bits per heavy atom. The second-order valence-electron chi connectivity index (χ2n) is 4.35. The molecule has 0 spiro atoms. The van der Waals surface area contributed by atoms with Crippen LogP contribution in [-0.4, -0.2) is 36.4 Å². The summed E-state index contributed by atoms with van der Waals surface area (Å²) in [7, 11) is 0. The summed E-state index contributed by atoms with van der Waals surface area (Å²) in [4.78, 5) is 11.5. The number of benzene rings is 1. The van der Waals surface area contributed by atoms with Gasteiger partial charge < -0.3 is 15.2 Å². The maximum absolute atomic E-state index is 13.4. The molecule has 118 valence electrons. The minimum absolute atomic E-state index is 0.0123. The molecule has 0 aliphatic rings. The van der Waals surface area contributed by atoms with Crippen LogP contribution in [0, 0.1) is 5.82 Å². The van der Waals surface area contributed by atoms with Gasteiger partial charge in [-0.3, -0.25) is 4.79 Å². The van der Waals surface area contributed by atoms with Crippen molar-refractivity contribution in [1.82, 2.24) is 5.32 Å². The van der Waals surface area contributed by atoms with Crippen LogP contribution in [0.3, 0.4) is 0 Å². The molecule has 0 saturated carbocycles. The molecule has 0 aliphatic heterocycles. The van der Waals surface area contributed by atoms with Gasteiger partial charge >= 0.3 is 6.18 Å². The van der Waals surface area contributed by atoms with E-state index in [0.717, 1.165) is 13.0 Å². The minimum Gasteiger partial charge on any atom is -0.386 e. The summed E-state index contributed by atoms with van der Waals surface area (Å²) < 4.78 is 53.5. The molecule has 0 aliphatic carbocycles. The van der Waals surface area contributed by atoms with Crippen LogP contribution < -0.4 is 5.32 Å². The van der Waals surface area contributed by atoms with E-state index in [4.69, 9.17) is 0 Å². The maximum atomic E-state index is 13.4. The van der Waals surface area contributed by atoms with E-state index in [1.807, 2.05) is 0 Å². The largest absolute Gasteiger partial charge is 0.411 e.